The van der Waals surface area contributed by atoms with E-state index in [-0.39, 0.29) is 11.9 Å². The van der Waals surface area contributed by atoms with Crippen molar-refractivity contribution < 1.29 is 4.39 Å². The Morgan fingerprint density at radius 1 is 1.19 bits per heavy atom. The van der Waals surface area contributed by atoms with Gasteiger partial charge in [-0.05, 0) is 23.8 Å². The fourth-order valence-electron chi connectivity index (χ4n) is 2.60. The van der Waals surface area contributed by atoms with Crippen LogP contribution in [0, 0.1) is 5.82 Å². The summed E-state index contributed by atoms with van der Waals surface area (Å²) in [5.41, 5.74) is 5.79. The molecule has 21 heavy (non-hydrogen) atoms. The Labute approximate surface area is 122 Å². The zero-order chi connectivity index (χ0) is 14.8. The van der Waals surface area contributed by atoms with E-state index in [2.05, 4.69) is 16.6 Å². The van der Waals surface area contributed by atoms with Crippen molar-refractivity contribution in [1.82, 2.24) is 15.2 Å². The van der Waals surface area contributed by atoms with Gasteiger partial charge in [-0.3, -0.25) is 16.0 Å². The molecule has 0 fully saturated rings. The summed E-state index contributed by atoms with van der Waals surface area (Å²) < 4.78 is 14.9. The zero-order valence-corrected chi connectivity index (χ0v) is 11.8. The number of aryl methyl sites for hydroxylation is 1. The summed E-state index contributed by atoms with van der Waals surface area (Å²) in [5, 5.41) is 5.68. The molecule has 3 N–H and O–H groups in total. The highest BCUT2D eigenvalue weighted by atomic mass is 19.1. The van der Waals surface area contributed by atoms with Crippen molar-refractivity contribution in [2.24, 2.45) is 12.9 Å². The third kappa shape index (κ3) is 2.66. The molecule has 1 aromatic heterocycles. The Kier molecular flexibility index (Phi) is 3.68. The topological polar surface area (TPSA) is 55.9 Å². The van der Waals surface area contributed by atoms with Crippen LogP contribution in [0.1, 0.15) is 17.3 Å². The van der Waals surface area contributed by atoms with Gasteiger partial charge >= 0.3 is 0 Å². The van der Waals surface area contributed by atoms with E-state index in [1.165, 1.54) is 12.1 Å². The van der Waals surface area contributed by atoms with Crippen molar-refractivity contribution in [3.63, 3.8) is 0 Å². The van der Waals surface area contributed by atoms with Gasteiger partial charge in [0.15, 0.2) is 0 Å². The van der Waals surface area contributed by atoms with Gasteiger partial charge in [0.05, 0.1) is 17.3 Å². The number of halogens is 1. The first-order valence-corrected chi connectivity index (χ1v) is 6.81. The van der Waals surface area contributed by atoms with Gasteiger partial charge in [-0.2, -0.15) is 5.10 Å². The van der Waals surface area contributed by atoms with Crippen LogP contribution in [0.3, 0.4) is 0 Å². The maximum atomic E-state index is 13.0. The largest absolute Gasteiger partial charge is 0.271 e. The molecule has 0 amide bonds. The highest BCUT2D eigenvalue weighted by Gasteiger charge is 2.15. The first-order chi connectivity index (χ1) is 10.2. The quantitative estimate of drug-likeness (QED) is 0.571. The molecule has 2 aromatic carbocycles. The average Bonchev–Trinajstić information content (AvgIpc) is 2.83. The number of hydrazine groups is 1. The predicted octanol–water partition coefficient (Wildman–Crippen LogP) is 2.46. The Morgan fingerprint density at radius 2 is 1.90 bits per heavy atom. The van der Waals surface area contributed by atoms with Crippen LogP contribution in [0.25, 0.3) is 10.9 Å². The van der Waals surface area contributed by atoms with Crippen LogP contribution in [-0.2, 0) is 13.5 Å². The van der Waals surface area contributed by atoms with Gasteiger partial charge in [0.1, 0.15) is 5.82 Å². The number of para-hydroxylation sites is 1. The first-order valence-electron chi connectivity index (χ1n) is 6.81. The molecule has 5 heteroatoms. The number of nitrogens with two attached hydrogens (primary N) is 1. The number of benzene rings is 2. The minimum Gasteiger partial charge on any atom is -0.271 e. The molecule has 3 aromatic rings. The lowest BCUT2D eigenvalue weighted by molar-refractivity contribution is 0.541. The summed E-state index contributed by atoms with van der Waals surface area (Å²) in [6.45, 7) is 0. The lowest BCUT2D eigenvalue weighted by Crippen LogP contribution is -2.29. The molecule has 0 saturated carbocycles. The van der Waals surface area contributed by atoms with E-state index in [1.54, 1.807) is 12.1 Å². The molecule has 0 saturated heterocycles. The number of nitrogens with zero attached hydrogens (tertiary/aromatic N) is 2. The monoisotopic (exact) mass is 284 g/mol. The summed E-state index contributed by atoms with van der Waals surface area (Å²) in [4.78, 5) is 0. The normalized spacial score (nSPS) is 12.7. The number of aromatic nitrogens is 2. The predicted molar refractivity (Wildman–Crippen MR) is 80.9 cm³/mol. The number of hydrogen-bond acceptors (Lipinski definition) is 3. The number of fused-ring (bicyclic) bond motifs is 1. The maximum absolute atomic E-state index is 13.0. The van der Waals surface area contributed by atoms with Gasteiger partial charge in [-0.25, -0.2) is 4.39 Å². The maximum Gasteiger partial charge on any atom is 0.123 e. The van der Waals surface area contributed by atoms with Gasteiger partial charge in [-0.15, -0.1) is 0 Å². The number of rotatable bonds is 4. The molecule has 1 atom stereocenters. The fraction of sp³-hybridized carbons (Fsp3) is 0.188. The second-order valence-electron chi connectivity index (χ2n) is 5.06. The molecular weight excluding hydrogens is 267 g/mol. The van der Waals surface area contributed by atoms with Crippen molar-refractivity contribution in [3.8, 4) is 0 Å². The number of nitrogens with one attached hydrogen (secondary N) is 1. The zero-order valence-electron chi connectivity index (χ0n) is 11.8. The minimum absolute atomic E-state index is 0.107. The Hall–Kier alpha value is -2.24. The molecule has 3 rings (SSSR count). The summed E-state index contributed by atoms with van der Waals surface area (Å²) in [6, 6.07) is 14.3. The summed E-state index contributed by atoms with van der Waals surface area (Å²) >= 11 is 0. The third-order valence-electron chi connectivity index (χ3n) is 3.71. The van der Waals surface area contributed by atoms with Crippen molar-refractivity contribution in [3.05, 3.63) is 65.6 Å². The van der Waals surface area contributed by atoms with Gasteiger partial charge in [0, 0.05) is 18.9 Å². The standard InChI is InChI=1S/C16H17FN4/c1-21-16-5-3-2-4-13(16)15(20-21)10-14(19-18)11-6-8-12(17)9-7-11/h2-9,14,19H,10,18H2,1H3. The highest BCUT2D eigenvalue weighted by molar-refractivity contribution is 5.81. The van der Waals surface area contributed by atoms with Gasteiger partial charge in [0.25, 0.3) is 0 Å². The molecule has 0 aliphatic rings. The Morgan fingerprint density at radius 3 is 2.62 bits per heavy atom. The van der Waals surface area contributed by atoms with E-state index in [9.17, 15) is 4.39 Å². The van der Waals surface area contributed by atoms with Gasteiger partial charge in [0.2, 0.25) is 0 Å². The average molecular weight is 284 g/mol. The smallest absolute Gasteiger partial charge is 0.123 e. The Balaban J connectivity index is 1.94. The molecule has 1 heterocycles. The van der Waals surface area contributed by atoms with Crippen molar-refractivity contribution in [2.45, 2.75) is 12.5 Å². The second kappa shape index (κ2) is 5.63. The third-order valence-corrected chi connectivity index (χ3v) is 3.71. The van der Waals surface area contributed by atoms with Crippen LogP contribution in [0.4, 0.5) is 4.39 Å². The van der Waals surface area contributed by atoms with Crippen LogP contribution < -0.4 is 11.3 Å². The lowest BCUT2D eigenvalue weighted by Gasteiger charge is -2.15. The molecule has 4 nitrogen and oxygen atoms in total. The summed E-state index contributed by atoms with van der Waals surface area (Å²) in [5.74, 6) is 5.41. The van der Waals surface area contributed by atoms with Crippen LogP contribution in [0.15, 0.2) is 48.5 Å². The van der Waals surface area contributed by atoms with Crippen molar-refractivity contribution in [1.29, 1.82) is 0 Å². The Bertz CT molecular complexity index is 749. The van der Waals surface area contributed by atoms with E-state index < -0.39 is 0 Å². The van der Waals surface area contributed by atoms with E-state index in [0.29, 0.717) is 6.42 Å². The lowest BCUT2D eigenvalue weighted by atomic mass is 10.0. The van der Waals surface area contributed by atoms with Gasteiger partial charge < -0.3 is 0 Å². The van der Waals surface area contributed by atoms with Gasteiger partial charge in [-0.1, -0.05) is 30.3 Å². The summed E-state index contributed by atoms with van der Waals surface area (Å²) in [7, 11) is 1.93. The molecule has 0 spiro atoms. The summed E-state index contributed by atoms with van der Waals surface area (Å²) in [6.07, 6.45) is 0.642. The number of hydrogen-bond donors (Lipinski definition) is 2. The molecule has 0 radical (unpaired) electrons. The molecule has 0 aliphatic heterocycles. The minimum atomic E-state index is -0.252. The van der Waals surface area contributed by atoms with E-state index in [4.69, 9.17) is 5.84 Å². The highest BCUT2D eigenvalue weighted by Crippen LogP contribution is 2.23. The van der Waals surface area contributed by atoms with Crippen LogP contribution >= 0.6 is 0 Å². The second-order valence-corrected chi connectivity index (χ2v) is 5.06. The van der Waals surface area contributed by atoms with E-state index >= 15 is 0 Å². The molecular formula is C16H17FN4. The molecule has 0 bridgehead atoms. The molecule has 1 unspecified atom stereocenters. The van der Waals surface area contributed by atoms with E-state index in [1.807, 2.05) is 29.9 Å². The fourth-order valence-corrected chi connectivity index (χ4v) is 2.60. The molecule has 0 aliphatic carbocycles. The van der Waals surface area contributed by atoms with Crippen LogP contribution in [-0.4, -0.2) is 9.78 Å². The van der Waals surface area contributed by atoms with E-state index in [0.717, 1.165) is 22.2 Å². The first kappa shape index (κ1) is 13.7. The van der Waals surface area contributed by atoms with Crippen molar-refractivity contribution in [2.75, 3.05) is 0 Å². The van der Waals surface area contributed by atoms with Crippen molar-refractivity contribution >= 4 is 10.9 Å². The van der Waals surface area contributed by atoms with Crippen LogP contribution in [0.5, 0.6) is 0 Å². The SMILES string of the molecule is Cn1nc(CC(NN)c2ccc(F)cc2)c2ccccc21. The molecule has 108 valence electrons. The van der Waals surface area contributed by atoms with Crippen LogP contribution in [0.2, 0.25) is 0 Å².